The molecule has 2 rings (SSSR count). The van der Waals surface area contributed by atoms with Crippen LogP contribution in [0.4, 0.5) is 0 Å². The molecule has 1 heterocycles. The highest BCUT2D eigenvalue weighted by molar-refractivity contribution is 6.00. The molecule has 1 aliphatic carbocycles. The van der Waals surface area contributed by atoms with Gasteiger partial charge in [-0.1, -0.05) is 0 Å². The Morgan fingerprint density at radius 2 is 2.07 bits per heavy atom. The zero-order valence-corrected chi connectivity index (χ0v) is 7.91. The highest BCUT2D eigenvalue weighted by Gasteiger charge is 2.22. The van der Waals surface area contributed by atoms with Gasteiger partial charge in [-0.15, -0.1) is 0 Å². The summed E-state index contributed by atoms with van der Waals surface area (Å²) in [6.45, 7) is 0. The number of hydrogen-bond acceptors (Lipinski definition) is 4. The van der Waals surface area contributed by atoms with E-state index in [0.29, 0.717) is 30.6 Å². The summed E-state index contributed by atoms with van der Waals surface area (Å²) in [4.78, 5) is 33.6. The van der Waals surface area contributed by atoms with E-state index < -0.39 is 11.5 Å². The third-order valence-electron chi connectivity index (χ3n) is 2.40. The Morgan fingerprint density at radius 3 is 2.73 bits per heavy atom. The smallest absolute Gasteiger partial charge is 0.348 e. The van der Waals surface area contributed by atoms with Crippen LogP contribution in [0, 0.1) is 0 Å². The van der Waals surface area contributed by atoms with Crippen LogP contribution in [0.15, 0.2) is 15.3 Å². The minimum Gasteiger partial charge on any atom is -0.427 e. The molecule has 0 bridgehead atoms. The first-order chi connectivity index (χ1) is 7.09. The molecule has 0 atom stereocenters. The van der Waals surface area contributed by atoms with Crippen molar-refractivity contribution in [2.45, 2.75) is 19.3 Å². The maximum atomic E-state index is 11.5. The summed E-state index contributed by atoms with van der Waals surface area (Å²) < 4.78 is 4.89. The van der Waals surface area contributed by atoms with Gasteiger partial charge in [-0.25, -0.2) is 4.79 Å². The molecule has 1 aromatic rings. The number of primary amides is 1. The van der Waals surface area contributed by atoms with Crippen molar-refractivity contribution in [3.63, 3.8) is 0 Å². The quantitative estimate of drug-likeness (QED) is 0.714. The fourth-order valence-electron chi connectivity index (χ4n) is 1.64. The van der Waals surface area contributed by atoms with Crippen molar-refractivity contribution in [2.75, 3.05) is 0 Å². The summed E-state index contributed by atoms with van der Waals surface area (Å²) in [5.41, 5.74) is 4.27. The van der Waals surface area contributed by atoms with Gasteiger partial charge in [0, 0.05) is 12.8 Å². The Labute approximate surface area is 84.9 Å². The predicted octanol–water partition coefficient (Wildman–Crippen LogP) is 0.258. The fraction of sp³-hybridized carbons (Fsp3) is 0.300. The number of carbonyl (C=O) groups excluding carboxylic acids is 2. The highest BCUT2D eigenvalue weighted by atomic mass is 16.4. The average Bonchev–Trinajstić information content (AvgIpc) is 2.16. The summed E-state index contributed by atoms with van der Waals surface area (Å²) in [7, 11) is 0. The SMILES string of the molecule is NC(=O)c1cc2c(oc1=O)CCCC2=O. The predicted molar refractivity (Wildman–Crippen MR) is 50.8 cm³/mol. The molecule has 1 aliphatic rings. The average molecular weight is 207 g/mol. The Hall–Kier alpha value is -1.91. The lowest BCUT2D eigenvalue weighted by atomic mass is 9.95. The molecular weight excluding hydrogens is 198 g/mol. The zero-order chi connectivity index (χ0) is 11.0. The lowest BCUT2D eigenvalue weighted by Crippen LogP contribution is -2.24. The van der Waals surface area contributed by atoms with Crippen molar-refractivity contribution in [3.8, 4) is 0 Å². The summed E-state index contributed by atoms with van der Waals surface area (Å²) in [5, 5.41) is 0. The number of amides is 1. The van der Waals surface area contributed by atoms with E-state index in [1.807, 2.05) is 0 Å². The molecule has 0 fully saturated rings. The largest absolute Gasteiger partial charge is 0.427 e. The van der Waals surface area contributed by atoms with E-state index in [2.05, 4.69) is 0 Å². The number of aryl methyl sites for hydroxylation is 1. The second-order valence-electron chi connectivity index (χ2n) is 3.43. The fourth-order valence-corrected chi connectivity index (χ4v) is 1.64. The van der Waals surface area contributed by atoms with Gasteiger partial charge in [0.2, 0.25) is 0 Å². The van der Waals surface area contributed by atoms with Crippen LogP contribution < -0.4 is 11.4 Å². The minimum absolute atomic E-state index is 0.109. The standard InChI is InChI=1S/C10H9NO4/c11-9(13)6-4-5-7(12)2-1-3-8(5)15-10(6)14/h4H,1-3H2,(H2,11,13). The second kappa shape index (κ2) is 3.34. The molecule has 0 aliphatic heterocycles. The summed E-state index contributed by atoms with van der Waals surface area (Å²) in [5.74, 6) is -0.617. The summed E-state index contributed by atoms with van der Waals surface area (Å²) >= 11 is 0. The van der Waals surface area contributed by atoms with Gasteiger partial charge in [0.25, 0.3) is 5.91 Å². The Kier molecular flexibility index (Phi) is 2.15. The monoisotopic (exact) mass is 207 g/mol. The summed E-state index contributed by atoms with van der Waals surface area (Å²) in [6, 6.07) is 1.24. The third kappa shape index (κ3) is 1.56. The maximum absolute atomic E-state index is 11.5. The van der Waals surface area contributed by atoms with Gasteiger partial charge in [0.1, 0.15) is 11.3 Å². The maximum Gasteiger partial charge on any atom is 0.348 e. The molecule has 2 N–H and O–H groups in total. The molecule has 1 aromatic heterocycles. The Morgan fingerprint density at radius 1 is 1.33 bits per heavy atom. The molecule has 0 spiro atoms. The molecule has 78 valence electrons. The van der Waals surface area contributed by atoms with E-state index in [-0.39, 0.29) is 11.3 Å². The van der Waals surface area contributed by atoms with Crippen LogP contribution in [-0.4, -0.2) is 11.7 Å². The first-order valence-corrected chi connectivity index (χ1v) is 4.59. The van der Waals surface area contributed by atoms with Gasteiger partial charge in [0.05, 0.1) is 5.56 Å². The van der Waals surface area contributed by atoms with E-state index in [0.717, 1.165) is 0 Å². The van der Waals surface area contributed by atoms with Gasteiger partial charge < -0.3 is 10.2 Å². The molecule has 5 nitrogen and oxygen atoms in total. The van der Waals surface area contributed by atoms with Crippen LogP contribution in [0.5, 0.6) is 0 Å². The van der Waals surface area contributed by atoms with E-state index in [1.165, 1.54) is 6.07 Å². The van der Waals surface area contributed by atoms with Crippen molar-refractivity contribution >= 4 is 11.7 Å². The van der Waals surface area contributed by atoms with Crippen LogP contribution in [0.2, 0.25) is 0 Å². The van der Waals surface area contributed by atoms with Crippen molar-refractivity contribution in [3.05, 3.63) is 33.4 Å². The minimum atomic E-state index is -0.870. The van der Waals surface area contributed by atoms with Gasteiger partial charge >= 0.3 is 5.63 Å². The molecule has 0 saturated heterocycles. The molecule has 0 aromatic carbocycles. The zero-order valence-electron chi connectivity index (χ0n) is 7.91. The van der Waals surface area contributed by atoms with E-state index >= 15 is 0 Å². The molecule has 0 saturated carbocycles. The van der Waals surface area contributed by atoms with E-state index in [9.17, 15) is 14.4 Å². The van der Waals surface area contributed by atoms with E-state index in [1.54, 1.807) is 0 Å². The number of fused-ring (bicyclic) bond motifs is 1. The highest BCUT2D eigenvalue weighted by Crippen LogP contribution is 2.20. The molecule has 15 heavy (non-hydrogen) atoms. The van der Waals surface area contributed by atoms with Gasteiger partial charge in [0.15, 0.2) is 5.78 Å². The van der Waals surface area contributed by atoms with Gasteiger partial charge in [-0.05, 0) is 12.5 Å². The van der Waals surface area contributed by atoms with Gasteiger partial charge in [-0.2, -0.15) is 0 Å². The van der Waals surface area contributed by atoms with Crippen molar-refractivity contribution < 1.29 is 14.0 Å². The third-order valence-corrected chi connectivity index (χ3v) is 2.40. The van der Waals surface area contributed by atoms with E-state index in [4.69, 9.17) is 10.2 Å². The lowest BCUT2D eigenvalue weighted by Gasteiger charge is -2.12. The number of carbonyl (C=O) groups is 2. The van der Waals surface area contributed by atoms with Gasteiger partial charge in [-0.3, -0.25) is 9.59 Å². The first-order valence-electron chi connectivity index (χ1n) is 4.59. The molecule has 0 unspecified atom stereocenters. The van der Waals surface area contributed by atoms with Crippen LogP contribution in [0.25, 0.3) is 0 Å². The van der Waals surface area contributed by atoms with Crippen LogP contribution in [0.3, 0.4) is 0 Å². The molecule has 5 heteroatoms. The molecular formula is C10H9NO4. The topological polar surface area (TPSA) is 90.4 Å². The van der Waals surface area contributed by atoms with Crippen LogP contribution in [0.1, 0.15) is 39.3 Å². The first kappa shape index (κ1) is 9.64. The van der Waals surface area contributed by atoms with Crippen molar-refractivity contribution in [1.82, 2.24) is 0 Å². The number of hydrogen-bond donors (Lipinski definition) is 1. The molecule has 0 radical (unpaired) electrons. The lowest BCUT2D eigenvalue weighted by molar-refractivity contribution is 0.0965. The number of Topliss-reactive ketones (excluding diaryl/α,β-unsaturated/α-hetero) is 1. The Balaban J connectivity index is 2.65. The van der Waals surface area contributed by atoms with Crippen LogP contribution >= 0.6 is 0 Å². The second-order valence-corrected chi connectivity index (χ2v) is 3.43. The number of ketones is 1. The normalized spacial score (nSPS) is 14.8. The van der Waals surface area contributed by atoms with Crippen molar-refractivity contribution in [1.29, 1.82) is 0 Å². The number of rotatable bonds is 1. The van der Waals surface area contributed by atoms with Crippen LogP contribution in [-0.2, 0) is 6.42 Å². The summed E-state index contributed by atoms with van der Waals surface area (Å²) in [6.07, 6.45) is 1.64. The number of nitrogens with two attached hydrogens (primary N) is 1. The molecule has 1 amide bonds. The Bertz CT molecular complexity index is 501. The van der Waals surface area contributed by atoms with Crippen molar-refractivity contribution in [2.24, 2.45) is 5.73 Å².